The van der Waals surface area contributed by atoms with E-state index in [0.717, 1.165) is 32.2 Å². The maximum absolute atomic E-state index is 12.5. The fourth-order valence-electron chi connectivity index (χ4n) is 5.69. The fourth-order valence-corrected chi connectivity index (χ4v) is 5.69. The van der Waals surface area contributed by atoms with Gasteiger partial charge in [-0.25, -0.2) is 0 Å². The van der Waals surface area contributed by atoms with E-state index in [1.165, 1.54) is 11.1 Å². The quantitative estimate of drug-likeness (QED) is 0.867. The summed E-state index contributed by atoms with van der Waals surface area (Å²) in [6.45, 7) is 3.28. The van der Waals surface area contributed by atoms with Crippen LogP contribution in [0.15, 0.2) is 18.2 Å². The molecule has 0 aromatic heterocycles. The van der Waals surface area contributed by atoms with E-state index in [9.17, 15) is 9.90 Å². The molecule has 0 radical (unpaired) electrons. The molecule has 1 aromatic carbocycles. The molecule has 2 unspecified atom stereocenters. The van der Waals surface area contributed by atoms with Gasteiger partial charge >= 0.3 is 0 Å². The lowest BCUT2D eigenvalue weighted by Gasteiger charge is -2.60. The SMILES string of the molecule is CC[C@@H]1CC(=O)CC23CCN(C)C(Cc4ccc(O)cc42)[C@@H]13. The maximum atomic E-state index is 12.5. The largest absolute Gasteiger partial charge is 0.508 e. The minimum atomic E-state index is -0.0283. The second-order valence-electron chi connectivity index (χ2n) is 7.61. The lowest BCUT2D eigenvalue weighted by Crippen LogP contribution is -2.63. The number of Topliss-reactive ketones (excluding diaryl/α,β-unsaturated/α-hetero) is 1. The summed E-state index contributed by atoms with van der Waals surface area (Å²) in [6.07, 6.45) is 4.61. The predicted molar refractivity (Wildman–Crippen MR) is 86.0 cm³/mol. The number of likely N-dealkylation sites (N-methyl/N-ethyl adjacent to an activating group) is 1. The van der Waals surface area contributed by atoms with E-state index >= 15 is 0 Å². The first kappa shape index (κ1) is 14.3. The van der Waals surface area contributed by atoms with Gasteiger partial charge in [-0.2, -0.15) is 0 Å². The molecule has 1 N–H and O–H groups in total. The molecule has 2 aliphatic carbocycles. The molecule has 3 nitrogen and oxygen atoms in total. The number of piperidine rings is 1. The van der Waals surface area contributed by atoms with E-state index in [0.29, 0.717) is 35.8 Å². The van der Waals surface area contributed by atoms with Crippen LogP contribution in [0.5, 0.6) is 5.75 Å². The van der Waals surface area contributed by atoms with Gasteiger partial charge in [0.15, 0.2) is 0 Å². The van der Waals surface area contributed by atoms with Crippen LogP contribution in [-0.4, -0.2) is 35.4 Å². The van der Waals surface area contributed by atoms with E-state index in [1.807, 2.05) is 6.07 Å². The van der Waals surface area contributed by atoms with E-state index in [1.54, 1.807) is 6.07 Å². The fraction of sp³-hybridized carbons (Fsp3) is 0.632. The minimum Gasteiger partial charge on any atom is -0.508 e. The van der Waals surface area contributed by atoms with Crippen molar-refractivity contribution in [2.45, 2.75) is 50.5 Å². The molecule has 1 saturated carbocycles. The Morgan fingerprint density at radius 2 is 2.18 bits per heavy atom. The third-order valence-electron chi connectivity index (χ3n) is 6.62. The summed E-state index contributed by atoms with van der Waals surface area (Å²) in [7, 11) is 2.24. The van der Waals surface area contributed by atoms with E-state index in [2.05, 4.69) is 24.9 Å². The van der Waals surface area contributed by atoms with Gasteiger partial charge in [-0.15, -0.1) is 0 Å². The molecule has 2 fully saturated rings. The van der Waals surface area contributed by atoms with Crippen molar-refractivity contribution in [3.63, 3.8) is 0 Å². The number of hydrogen-bond donors (Lipinski definition) is 1. The molecular formula is C19H25NO2. The molecular weight excluding hydrogens is 274 g/mol. The zero-order valence-electron chi connectivity index (χ0n) is 13.5. The second kappa shape index (κ2) is 4.82. The van der Waals surface area contributed by atoms with Crippen LogP contribution in [0.2, 0.25) is 0 Å². The second-order valence-corrected chi connectivity index (χ2v) is 7.61. The highest BCUT2D eigenvalue weighted by Crippen LogP contribution is 2.57. The van der Waals surface area contributed by atoms with Gasteiger partial charge in [0.25, 0.3) is 0 Å². The molecule has 1 aromatic rings. The summed E-state index contributed by atoms with van der Waals surface area (Å²) in [6, 6.07) is 6.38. The van der Waals surface area contributed by atoms with Gasteiger partial charge < -0.3 is 10.0 Å². The number of rotatable bonds is 1. The smallest absolute Gasteiger partial charge is 0.134 e. The normalized spacial score (nSPS) is 37.5. The topological polar surface area (TPSA) is 40.5 Å². The van der Waals surface area contributed by atoms with Gasteiger partial charge in [0, 0.05) is 24.3 Å². The first-order valence-electron chi connectivity index (χ1n) is 8.59. The first-order chi connectivity index (χ1) is 10.5. The van der Waals surface area contributed by atoms with Crippen LogP contribution in [0.1, 0.15) is 43.7 Å². The molecule has 22 heavy (non-hydrogen) atoms. The maximum Gasteiger partial charge on any atom is 0.134 e. The highest BCUT2D eigenvalue weighted by atomic mass is 16.3. The van der Waals surface area contributed by atoms with Gasteiger partial charge in [0.2, 0.25) is 0 Å². The van der Waals surface area contributed by atoms with Crippen molar-refractivity contribution in [1.82, 2.24) is 4.90 Å². The number of benzene rings is 1. The average Bonchev–Trinajstić information content (AvgIpc) is 2.50. The van der Waals surface area contributed by atoms with E-state index in [4.69, 9.17) is 0 Å². The van der Waals surface area contributed by atoms with Crippen LogP contribution in [-0.2, 0) is 16.6 Å². The van der Waals surface area contributed by atoms with Crippen LogP contribution >= 0.6 is 0 Å². The van der Waals surface area contributed by atoms with E-state index in [-0.39, 0.29) is 5.41 Å². The highest BCUT2D eigenvalue weighted by Gasteiger charge is 2.57. The Morgan fingerprint density at radius 1 is 1.36 bits per heavy atom. The summed E-state index contributed by atoms with van der Waals surface area (Å²) in [5.74, 6) is 1.81. The third kappa shape index (κ3) is 1.81. The number of hydrogen-bond acceptors (Lipinski definition) is 3. The number of fused-ring (bicyclic) bond motifs is 1. The predicted octanol–water partition coefficient (Wildman–Crippen LogP) is 2.90. The molecule has 4 atom stereocenters. The van der Waals surface area contributed by atoms with Gasteiger partial charge in [-0.1, -0.05) is 19.4 Å². The number of carbonyl (C=O) groups excluding carboxylic acids is 1. The van der Waals surface area contributed by atoms with Gasteiger partial charge in [-0.3, -0.25) is 4.79 Å². The van der Waals surface area contributed by atoms with Crippen LogP contribution in [0.4, 0.5) is 0 Å². The van der Waals surface area contributed by atoms with Crippen molar-refractivity contribution < 1.29 is 9.90 Å². The summed E-state index contributed by atoms with van der Waals surface area (Å²) < 4.78 is 0. The Labute approximate surface area is 132 Å². The third-order valence-corrected chi connectivity index (χ3v) is 6.62. The Morgan fingerprint density at radius 3 is 2.95 bits per heavy atom. The Kier molecular flexibility index (Phi) is 3.12. The molecule has 3 aliphatic rings. The van der Waals surface area contributed by atoms with Crippen molar-refractivity contribution in [3.05, 3.63) is 29.3 Å². The van der Waals surface area contributed by atoms with Crippen LogP contribution in [0.25, 0.3) is 0 Å². The van der Waals surface area contributed by atoms with Gasteiger partial charge in [0.1, 0.15) is 11.5 Å². The number of phenolic OH excluding ortho intramolecular Hbond substituents is 1. The summed E-state index contributed by atoms with van der Waals surface area (Å²) >= 11 is 0. The van der Waals surface area contributed by atoms with Gasteiger partial charge in [-0.05, 0) is 61.5 Å². The molecule has 0 spiro atoms. The van der Waals surface area contributed by atoms with Crippen molar-refractivity contribution in [1.29, 1.82) is 0 Å². The summed E-state index contributed by atoms with van der Waals surface area (Å²) in [4.78, 5) is 15.0. The van der Waals surface area contributed by atoms with Crippen molar-refractivity contribution in [2.75, 3.05) is 13.6 Å². The highest BCUT2D eigenvalue weighted by molar-refractivity contribution is 5.82. The lowest BCUT2D eigenvalue weighted by molar-refractivity contribution is -0.131. The molecule has 0 amide bonds. The lowest BCUT2D eigenvalue weighted by atomic mass is 9.49. The van der Waals surface area contributed by atoms with Crippen molar-refractivity contribution in [2.24, 2.45) is 11.8 Å². The molecule has 4 rings (SSSR count). The summed E-state index contributed by atoms with van der Waals surface area (Å²) in [5, 5.41) is 10.0. The standard InChI is InChI=1S/C19H25NO2/c1-3-12-8-15(22)11-19-6-7-20(2)17(18(12)19)9-13-4-5-14(21)10-16(13)19/h4-5,10,12,17-18,21H,3,6-9,11H2,1-2H3/t12-,17?,18-,19?/m1/s1. The molecule has 2 bridgehead atoms. The molecule has 1 aliphatic heterocycles. The number of likely N-dealkylation sites (tertiary alicyclic amines) is 1. The van der Waals surface area contributed by atoms with Crippen LogP contribution in [0, 0.1) is 11.8 Å². The van der Waals surface area contributed by atoms with Crippen molar-refractivity contribution >= 4 is 5.78 Å². The van der Waals surface area contributed by atoms with E-state index < -0.39 is 0 Å². The Bertz CT molecular complexity index is 626. The number of phenols is 1. The first-order valence-corrected chi connectivity index (χ1v) is 8.59. The van der Waals surface area contributed by atoms with Crippen molar-refractivity contribution in [3.8, 4) is 5.75 Å². The molecule has 1 saturated heterocycles. The number of aromatic hydroxyl groups is 1. The molecule has 1 heterocycles. The van der Waals surface area contributed by atoms with Gasteiger partial charge in [0.05, 0.1) is 0 Å². The Balaban J connectivity index is 1.93. The monoisotopic (exact) mass is 299 g/mol. The number of ketones is 1. The molecule has 3 heteroatoms. The number of nitrogens with zero attached hydrogens (tertiary/aromatic N) is 1. The molecule has 118 valence electrons. The minimum absolute atomic E-state index is 0.0283. The zero-order valence-corrected chi connectivity index (χ0v) is 13.5. The van der Waals surface area contributed by atoms with Crippen LogP contribution in [0.3, 0.4) is 0 Å². The zero-order chi connectivity index (χ0) is 15.5. The number of carbonyl (C=O) groups is 1. The average molecular weight is 299 g/mol. The summed E-state index contributed by atoms with van der Waals surface area (Å²) in [5.41, 5.74) is 2.59. The Hall–Kier alpha value is -1.35. The van der Waals surface area contributed by atoms with Crippen LogP contribution < -0.4 is 0 Å².